The standard InChI is InChI=1S/C22H26N2O2S/c1-5-25-20-13-18(19-14-27-22(24-19)15(3)23-4)21(26-6-2)12-17(20)16-10-8-7-9-11-16/h7-15,23H,5-6H2,1-4H3. The lowest BCUT2D eigenvalue weighted by Crippen LogP contribution is -2.11. The molecule has 1 unspecified atom stereocenters. The van der Waals surface area contributed by atoms with E-state index in [1.165, 1.54) is 0 Å². The Hall–Kier alpha value is -2.37. The smallest absolute Gasteiger partial charge is 0.129 e. The van der Waals surface area contributed by atoms with Gasteiger partial charge in [0.25, 0.3) is 0 Å². The van der Waals surface area contributed by atoms with Crippen molar-refractivity contribution in [3.05, 3.63) is 52.9 Å². The Bertz CT molecular complexity index is 877. The van der Waals surface area contributed by atoms with Gasteiger partial charge in [-0.2, -0.15) is 0 Å². The van der Waals surface area contributed by atoms with Crippen LogP contribution in [0.1, 0.15) is 31.8 Å². The van der Waals surface area contributed by atoms with E-state index in [0.717, 1.165) is 38.9 Å². The fraction of sp³-hybridized carbons (Fsp3) is 0.318. The summed E-state index contributed by atoms with van der Waals surface area (Å²) in [6.07, 6.45) is 0. The fourth-order valence-electron chi connectivity index (χ4n) is 2.89. The van der Waals surface area contributed by atoms with Crippen LogP contribution >= 0.6 is 11.3 Å². The van der Waals surface area contributed by atoms with E-state index in [4.69, 9.17) is 14.5 Å². The first-order valence-electron chi connectivity index (χ1n) is 9.30. The van der Waals surface area contributed by atoms with E-state index in [1.807, 2.05) is 39.1 Å². The molecule has 1 N–H and O–H groups in total. The monoisotopic (exact) mass is 382 g/mol. The topological polar surface area (TPSA) is 43.4 Å². The molecular formula is C22H26N2O2S. The molecule has 0 aliphatic heterocycles. The molecular weight excluding hydrogens is 356 g/mol. The van der Waals surface area contributed by atoms with Crippen LogP contribution in [0.15, 0.2) is 47.8 Å². The predicted octanol–water partition coefficient (Wildman–Crippen LogP) is 5.55. The Labute approximate surface area is 165 Å². The number of rotatable bonds is 8. The van der Waals surface area contributed by atoms with Gasteiger partial charge >= 0.3 is 0 Å². The third kappa shape index (κ3) is 4.31. The molecule has 2 aromatic carbocycles. The van der Waals surface area contributed by atoms with Crippen molar-refractivity contribution in [1.29, 1.82) is 0 Å². The summed E-state index contributed by atoms with van der Waals surface area (Å²) in [4.78, 5) is 4.82. The molecule has 0 bridgehead atoms. The molecule has 0 radical (unpaired) electrons. The van der Waals surface area contributed by atoms with Crippen molar-refractivity contribution in [1.82, 2.24) is 10.3 Å². The van der Waals surface area contributed by atoms with Gasteiger partial charge in [0.15, 0.2) is 0 Å². The zero-order valence-electron chi connectivity index (χ0n) is 16.3. The third-order valence-electron chi connectivity index (χ3n) is 4.37. The highest BCUT2D eigenvalue weighted by Crippen LogP contribution is 2.41. The van der Waals surface area contributed by atoms with Crippen LogP contribution in [0, 0.1) is 0 Å². The minimum absolute atomic E-state index is 0.217. The molecule has 0 spiro atoms. The number of nitrogens with one attached hydrogen (secondary N) is 1. The van der Waals surface area contributed by atoms with Crippen LogP contribution in [-0.4, -0.2) is 25.2 Å². The predicted molar refractivity (Wildman–Crippen MR) is 113 cm³/mol. The van der Waals surface area contributed by atoms with Crippen molar-refractivity contribution in [2.24, 2.45) is 0 Å². The van der Waals surface area contributed by atoms with E-state index in [2.05, 4.69) is 41.9 Å². The molecule has 5 heteroatoms. The summed E-state index contributed by atoms with van der Waals surface area (Å²) in [6.45, 7) is 7.31. The molecule has 0 aliphatic rings. The van der Waals surface area contributed by atoms with Gasteiger partial charge in [-0.25, -0.2) is 4.98 Å². The number of ether oxygens (including phenoxy) is 2. The van der Waals surface area contributed by atoms with E-state index in [0.29, 0.717) is 13.2 Å². The second kappa shape index (κ2) is 9.02. The Balaban J connectivity index is 2.13. The number of nitrogens with zero attached hydrogens (tertiary/aromatic N) is 1. The van der Waals surface area contributed by atoms with Gasteiger partial charge in [0.2, 0.25) is 0 Å². The van der Waals surface area contributed by atoms with Gasteiger partial charge in [-0.3, -0.25) is 0 Å². The van der Waals surface area contributed by atoms with Crippen LogP contribution in [0.4, 0.5) is 0 Å². The maximum Gasteiger partial charge on any atom is 0.129 e. The Morgan fingerprint density at radius 2 is 1.63 bits per heavy atom. The second-order valence-electron chi connectivity index (χ2n) is 6.16. The summed E-state index contributed by atoms with van der Waals surface area (Å²) in [7, 11) is 1.94. The molecule has 3 aromatic rings. The van der Waals surface area contributed by atoms with E-state index < -0.39 is 0 Å². The minimum atomic E-state index is 0.217. The van der Waals surface area contributed by atoms with Crippen molar-refractivity contribution < 1.29 is 9.47 Å². The normalized spacial score (nSPS) is 12.0. The highest BCUT2D eigenvalue weighted by atomic mass is 32.1. The number of hydrogen-bond donors (Lipinski definition) is 1. The zero-order valence-corrected chi connectivity index (χ0v) is 17.1. The Morgan fingerprint density at radius 3 is 2.26 bits per heavy atom. The molecule has 0 aliphatic carbocycles. The van der Waals surface area contributed by atoms with Gasteiger partial charge < -0.3 is 14.8 Å². The van der Waals surface area contributed by atoms with Crippen LogP contribution in [0.5, 0.6) is 11.5 Å². The summed E-state index contributed by atoms with van der Waals surface area (Å²) >= 11 is 1.65. The van der Waals surface area contributed by atoms with Gasteiger partial charge in [0.05, 0.1) is 24.9 Å². The number of hydrogen-bond acceptors (Lipinski definition) is 5. The average Bonchev–Trinajstić information content (AvgIpc) is 3.19. The van der Waals surface area contributed by atoms with Crippen LogP contribution in [0.2, 0.25) is 0 Å². The first-order valence-corrected chi connectivity index (χ1v) is 10.2. The number of thiazole rings is 1. The number of aromatic nitrogens is 1. The van der Waals surface area contributed by atoms with Gasteiger partial charge in [-0.05, 0) is 45.5 Å². The molecule has 0 saturated heterocycles. The maximum absolute atomic E-state index is 5.98. The highest BCUT2D eigenvalue weighted by Gasteiger charge is 2.18. The first-order chi connectivity index (χ1) is 13.2. The first kappa shape index (κ1) is 19.4. The van der Waals surface area contributed by atoms with E-state index >= 15 is 0 Å². The summed E-state index contributed by atoms with van der Waals surface area (Å²) < 4.78 is 11.9. The number of benzene rings is 2. The molecule has 0 saturated carbocycles. The summed E-state index contributed by atoms with van der Waals surface area (Å²) in [5.41, 5.74) is 4.02. The van der Waals surface area contributed by atoms with E-state index in [9.17, 15) is 0 Å². The average molecular weight is 383 g/mol. The molecule has 1 atom stereocenters. The lowest BCUT2D eigenvalue weighted by molar-refractivity contribution is 0.333. The lowest BCUT2D eigenvalue weighted by atomic mass is 10.0. The van der Waals surface area contributed by atoms with Gasteiger partial charge in [-0.1, -0.05) is 30.3 Å². The van der Waals surface area contributed by atoms with Crippen LogP contribution in [0.3, 0.4) is 0 Å². The Kier molecular flexibility index (Phi) is 6.48. The second-order valence-corrected chi connectivity index (χ2v) is 7.05. The Morgan fingerprint density at radius 1 is 1.00 bits per heavy atom. The molecule has 1 heterocycles. The van der Waals surface area contributed by atoms with Gasteiger partial charge in [0.1, 0.15) is 16.5 Å². The largest absolute Gasteiger partial charge is 0.493 e. The SMILES string of the molecule is CCOc1cc(-c2csc(C(C)NC)n2)c(OCC)cc1-c1ccccc1. The minimum Gasteiger partial charge on any atom is -0.493 e. The summed E-state index contributed by atoms with van der Waals surface area (Å²) in [6, 6.07) is 14.6. The molecule has 1 aromatic heterocycles. The fourth-order valence-corrected chi connectivity index (χ4v) is 3.77. The van der Waals surface area contributed by atoms with Crippen molar-refractivity contribution in [3.63, 3.8) is 0 Å². The van der Waals surface area contributed by atoms with E-state index in [1.54, 1.807) is 11.3 Å². The highest BCUT2D eigenvalue weighted by molar-refractivity contribution is 7.10. The van der Waals surface area contributed by atoms with Gasteiger partial charge in [0, 0.05) is 16.5 Å². The zero-order chi connectivity index (χ0) is 19.2. The third-order valence-corrected chi connectivity index (χ3v) is 5.40. The lowest BCUT2D eigenvalue weighted by Gasteiger charge is -2.16. The molecule has 0 fully saturated rings. The quantitative estimate of drug-likeness (QED) is 0.554. The van der Waals surface area contributed by atoms with Crippen molar-refractivity contribution in [2.75, 3.05) is 20.3 Å². The van der Waals surface area contributed by atoms with Crippen LogP contribution in [0.25, 0.3) is 22.4 Å². The van der Waals surface area contributed by atoms with Crippen molar-refractivity contribution >= 4 is 11.3 Å². The molecule has 3 rings (SSSR count). The van der Waals surface area contributed by atoms with E-state index in [-0.39, 0.29) is 6.04 Å². The molecule has 27 heavy (non-hydrogen) atoms. The summed E-state index contributed by atoms with van der Waals surface area (Å²) in [5, 5.41) is 6.38. The maximum atomic E-state index is 5.98. The molecule has 142 valence electrons. The van der Waals surface area contributed by atoms with Crippen LogP contribution < -0.4 is 14.8 Å². The summed E-state index contributed by atoms with van der Waals surface area (Å²) in [5.74, 6) is 1.67. The van der Waals surface area contributed by atoms with Crippen molar-refractivity contribution in [3.8, 4) is 33.9 Å². The van der Waals surface area contributed by atoms with Crippen molar-refractivity contribution in [2.45, 2.75) is 26.8 Å². The van der Waals surface area contributed by atoms with Crippen LogP contribution in [-0.2, 0) is 0 Å². The molecule has 0 amide bonds. The van der Waals surface area contributed by atoms with Gasteiger partial charge in [-0.15, -0.1) is 11.3 Å². The molecule has 4 nitrogen and oxygen atoms in total.